The van der Waals surface area contributed by atoms with E-state index in [4.69, 9.17) is 4.74 Å². The Labute approximate surface area is 193 Å². The summed E-state index contributed by atoms with van der Waals surface area (Å²) in [4.78, 5) is 24.1. The third-order valence-corrected chi connectivity index (χ3v) is 6.32. The molecule has 168 valence electrons. The van der Waals surface area contributed by atoms with Gasteiger partial charge in [-0.1, -0.05) is 30.3 Å². The Morgan fingerprint density at radius 2 is 2.00 bits per heavy atom. The standard InChI is InChI=1S/C27H28N4O2/c1-20-28-11-12-30(20)17-21-5-2-7-24(15-21)27(32)31-13-14-33-19-22(18-31)16-23-6-3-9-26-25(23)8-4-10-29-26/h2-12,15,22H,13-14,16-19H2,1H3/t22-/m1/s1. The summed E-state index contributed by atoms with van der Waals surface area (Å²) in [5.41, 5.74) is 4.07. The number of benzene rings is 2. The molecule has 6 nitrogen and oxygen atoms in total. The van der Waals surface area contributed by atoms with Crippen molar-refractivity contribution in [1.29, 1.82) is 0 Å². The van der Waals surface area contributed by atoms with Crippen molar-refractivity contribution in [2.24, 2.45) is 5.92 Å². The first-order chi connectivity index (χ1) is 16.2. The van der Waals surface area contributed by atoms with Crippen LogP contribution in [0.4, 0.5) is 0 Å². The van der Waals surface area contributed by atoms with Crippen LogP contribution < -0.4 is 0 Å². The van der Waals surface area contributed by atoms with E-state index in [2.05, 4.69) is 38.8 Å². The van der Waals surface area contributed by atoms with E-state index in [1.807, 2.05) is 54.5 Å². The number of pyridine rings is 1. The van der Waals surface area contributed by atoms with Gasteiger partial charge in [-0.3, -0.25) is 9.78 Å². The molecule has 0 unspecified atom stereocenters. The molecule has 0 saturated carbocycles. The van der Waals surface area contributed by atoms with Crippen LogP contribution in [0.2, 0.25) is 0 Å². The molecule has 4 aromatic rings. The van der Waals surface area contributed by atoms with E-state index in [9.17, 15) is 4.79 Å². The lowest BCUT2D eigenvalue weighted by molar-refractivity contribution is 0.0737. The number of rotatable bonds is 5. The zero-order valence-electron chi connectivity index (χ0n) is 18.9. The fourth-order valence-electron chi connectivity index (χ4n) is 4.60. The largest absolute Gasteiger partial charge is 0.379 e. The van der Waals surface area contributed by atoms with Crippen LogP contribution in [0.15, 0.2) is 73.2 Å². The second kappa shape index (κ2) is 9.55. The molecule has 1 aliphatic rings. The maximum Gasteiger partial charge on any atom is 0.253 e. The maximum absolute atomic E-state index is 13.4. The van der Waals surface area contributed by atoms with Gasteiger partial charge in [0.2, 0.25) is 0 Å². The minimum Gasteiger partial charge on any atom is -0.379 e. The first-order valence-corrected chi connectivity index (χ1v) is 11.4. The molecular formula is C27H28N4O2. The lowest BCUT2D eigenvalue weighted by atomic mass is 9.96. The second-order valence-electron chi connectivity index (χ2n) is 8.69. The lowest BCUT2D eigenvalue weighted by Gasteiger charge is -2.24. The summed E-state index contributed by atoms with van der Waals surface area (Å²) < 4.78 is 7.98. The van der Waals surface area contributed by atoms with Gasteiger partial charge in [0.15, 0.2) is 0 Å². The monoisotopic (exact) mass is 440 g/mol. The van der Waals surface area contributed by atoms with Gasteiger partial charge in [0, 0.05) is 55.1 Å². The van der Waals surface area contributed by atoms with Crippen LogP contribution in [0.1, 0.15) is 27.3 Å². The summed E-state index contributed by atoms with van der Waals surface area (Å²) in [6.07, 6.45) is 6.44. The van der Waals surface area contributed by atoms with Gasteiger partial charge in [0.1, 0.15) is 5.82 Å². The van der Waals surface area contributed by atoms with Crippen LogP contribution >= 0.6 is 0 Å². The van der Waals surface area contributed by atoms with E-state index in [0.29, 0.717) is 32.8 Å². The molecule has 0 aliphatic carbocycles. The number of nitrogens with zero attached hydrogens (tertiary/aromatic N) is 4. The number of carbonyl (C=O) groups excluding carboxylic acids is 1. The second-order valence-corrected chi connectivity index (χ2v) is 8.69. The smallest absolute Gasteiger partial charge is 0.253 e. The van der Waals surface area contributed by atoms with Crippen molar-refractivity contribution < 1.29 is 9.53 Å². The average molecular weight is 441 g/mol. The van der Waals surface area contributed by atoms with E-state index in [1.165, 1.54) is 10.9 Å². The summed E-state index contributed by atoms with van der Waals surface area (Å²) in [6, 6.07) is 18.3. The van der Waals surface area contributed by atoms with Gasteiger partial charge in [-0.2, -0.15) is 0 Å². The molecule has 0 radical (unpaired) electrons. The number of amides is 1. The topological polar surface area (TPSA) is 60.2 Å². The molecule has 33 heavy (non-hydrogen) atoms. The highest BCUT2D eigenvalue weighted by molar-refractivity contribution is 5.94. The molecule has 6 heteroatoms. The number of hydrogen-bond acceptors (Lipinski definition) is 4. The number of ether oxygens (including phenoxy) is 1. The summed E-state index contributed by atoms with van der Waals surface area (Å²) in [5, 5.41) is 1.17. The van der Waals surface area contributed by atoms with Gasteiger partial charge in [-0.05, 0) is 48.7 Å². The summed E-state index contributed by atoms with van der Waals surface area (Å²) in [7, 11) is 0. The molecule has 1 amide bonds. The molecule has 1 atom stereocenters. The van der Waals surface area contributed by atoms with Crippen LogP contribution in [0.5, 0.6) is 0 Å². The van der Waals surface area contributed by atoms with Crippen LogP contribution in [0.3, 0.4) is 0 Å². The quantitative estimate of drug-likeness (QED) is 0.468. The van der Waals surface area contributed by atoms with Gasteiger partial charge in [-0.15, -0.1) is 0 Å². The number of fused-ring (bicyclic) bond motifs is 1. The normalized spacial score (nSPS) is 16.6. The third kappa shape index (κ3) is 4.81. The minimum atomic E-state index is 0.0642. The Hall–Kier alpha value is -3.51. The summed E-state index contributed by atoms with van der Waals surface area (Å²) in [5.74, 6) is 1.26. The van der Waals surface area contributed by atoms with Crippen molar-refractivity contribution in [3.63, 3.8) is 0 Å². The van der Waals surface area contributed by atoms with Crippen molar-refractivity contribution >= 4 is 16.8 Å². The maximum atomic E-state index is 13.4. The molecule has 0 spiro atoms. The Morgan fingerprint density at radius 3 is 2.88 bits per heavy atom. The average Bonchev–Trinajstić information content (AvgIpc) is 3.10. The van der Waals surface area contributed by atoms with Crippen LogP contribution in [-0.4, -0.2) is 51.6 Å². The van der Waals surface area contributed by atoms with E-state index < -0.39 is 0 Å². The molecular weight excluding hydrogens is 412 g/mol. The highest BCUT2D eigenvalue weighted by Gasteiger charge is 2.24. The molecule has 0 N–H and O–H groups in total. The highest BCUT2D eigenvalue weighted by atomic mass is 16.5. The van der Waals surface area contributed by atoms with Gasteiger partial charge in [0.05, 0.1) is 18.7 Å². The van der Waals surface area contributed by atoms with E-state index >= 15 is 0 Å². The molecule has 5 rings (SSSR count). The van der Waals surface area contributed by atoms with Gasteiger partial charge in [-0.25, -0.2) is 4.98 Å². The Kier molecular flexibility index (Phi) is 6.17. The number of aryl methyl sites for hydroxylation is 1. The Bertz CT molecular complexity index is 1260. The first kappa shape index (κ1) is 21.3. The van der Waals surface area contributed by atoms with Crippen LogP contribution in [0, 0.1) is 12.8 Å². The zero-order chi connectivity index (χ0) is 22.6. The van der Waals surface area contributed by atoms with Gasteiger partial charge in [0.25, 0.3) is 5.91 Å². The summed E-state index contributed by atoms with van der Waals surface area (Å²) in [6.45, 7) is 5.19. The van der Waals surface area contributed by atoms with E-state index in [0.717, 1.165) is 28.9 Å². The number of imidazole rings is 1. The number of aromatic nitrogens is 3. The summed E-state index contributed by atoms with van der Waals surface area (Å²) >= 11 is 0. The molecule has 1 saturated heterocycles. The number of hydrogen-bond donors (Lipinski definition) is 0. The predicted octanol–water partition coefficient (Wildman–Crippen LogP) is 4.12. The van der Waals surface area contributed by atoms with Crippen molar-refractivity contribution in [2.45, 2.75) is 19.9 Å². The molecule has 1 fully saturated rings. The number of carbonyl (C=O) groups is 1. The third-order valence-electron chi connectivity index (χ3n) is 6.32. The Balaban J connectivity index is 1.32. The van der Waals surface area contributed by atoms with E-state index in [1.54, 1.807) is 6.20 Å². The van der Waals surface area contributed by atoms with Crippen LogP contribution in [0.25, 0.3) is 10.9 Å². The SMILES string of the molecule is Cc1nccn1Cc1cccc(C(=O)N2CCOC[C@H](Cc3cccc4ncccc34)C2)c1. The molecule has 1 aliphatic heterocycles. The first-order valence-electron chi connectivity index (χ1n) is 11.4. The molecule has 0 bridgehead atoms. The zero-order valence-corrected chi connectivity index (χ0v) is 18.9. The Morgan fingerprint density at radius 1 is 1.09 bits per heavy atom. The fourth-order valence-corrected chi connectivity index (χ4v) is 4.60. The van der Waals surface area contributed by atoms with Gasteiger partial charge >= 0.3 is 0 Å². The molecule has 3 heterocycles. The van der Waals surface area contributed by atoms with Crippen molar-refractivity contribution in [3.05, 3.63) is 95.7 Å². The van der Waals surface area contributed by atoms with Crippen LogP contribution in [-0.2, 0) is 17.7 Å². The van der Waals surface area contributed by atoms with Crippen molar-refractivity contribution in [2.75, 3.05) is 26.3 Å². The highest BCUT2D eigenvalue weighted by Crippen LogP contribution is 2.22. The van der Waals surface area contributed by atoms with Crippen molar-refractivity contribution in [1.82, 2.24) is 19.4 Å². The van der Waals surface area contributed by atoms with Crippen molar-refractivity contribution in [3.8, 4) is 0 Å². The predicted molar refractivity (Wildman–Crippen MR) is 128 cm³/mol. The minimum absolute atomic E-state index is 0.0642. The lowest BCUT2D eigenvalue weighted by Crippen LogP contribution is -2.36. The molecule has 2 aromatic carbocycles. The van der Waals surface area contributed by atoms with Gasteiger partial charge < -0.3 is 14.2 Å². The van der Waals surface area contributed by atoms with E-state index in [-0.39, 0.29) is 11.8 Å². The fraction of sp³-hybridized carbons (Fsp3) is 0.296. The molecule has 2 aromatic heterocycles.